The number of hydrogen-bond acceptors (Lipinski definition) is 4. The zero-order valence-electron chi connectivity index (χ0n) is 12.9. The zero-order chi connectivity index (χ0) is 17.1. The molecule has 5 nitrogen and oxygen atoms in total. The van der Waals surface area contributed by atoms with Crippen molar-refractivity contribution in [2.45, 2.75) is 0 Å². The average Bonchev–Trinajstić information content (AvgIpc) is 3.13. The van der Waals surface area contributed by atoms with Crippen LogP contribution in [0.4, 0.5) is 9.18 Å². The fourth-order valence-corrected chi connectivity index (χ4v) is 3.21. The quantitative estimate of drug-likeness (QED) is 0.780. The summed E-state index contributed by atoms with van der Waals surface area (Å²) in [7, 11) is 1.52. The van der Waals surface area contributed by atoms with E-state index in [0.717, 1.165) is 23.1 Å². The van der Waals surface area contributed by atoms with Crippen LogP contribution < -0.4 is 0 Å². The van der Waals surface area contributed by atoms with Gasteiger partial charge in [0.2, 0.25) is 0 Å². The van der Waals surface area contributed by atoms with E-state index >= 15 is 0 Å². The second-order valence-corrected chi connectivity index (χ2v) is 6.10. The van der Waals surface area contributed by atoms with Gasteiger partial charge < -0.3 is 9.30 Å². The molecule has 24 heavy (non-hydrogen) atoms. The number of ether oxygens (including phenoxy) is 1. The Balaban J connectivity index is 1.88. The summed E-state index contributed by atoms with van der Waals surface area (Å²) in [5.74, 6) is -0.638. The Morgan fingerprint density at radius 3 is 2.67 bits per heavy atom. The molecular weight excluding hydrogens is 331 g/mol. The highest BCUT2D eigenvalue weighted by Crippen LogP contribution is 2.32. The SMILES string of the molecule is COCCN1C(=O)S/C(=C/c2cccn2-c2ccc(F)cc2)C1=O. The third kappa shape index (κ3) is 3.27. The summed E-state index contributed by atoms with van der Waals surface area (Å²) in [6.45, 7) is 0.536. The standard InChI is InChI=1S/C17H15FN2O3S/c1-23-10-9-20-16(21)15(24-17(20)22)11-14-3-2-8-19(14)13-6-4-12(18)5-7-13/h2-8,11H,9-10H2,1H3/b15-11+. The van der Waals surface area contributed by atoms with Crippen LogP contribution in [-0.2, 0) is 9.53 Å². The first-order valence-electron chi connectivity index (χ1n) is 7.28. The topological polar surface area (TPSA) is 51.5 Å². The van der Waals surface area contributed by atoms with Gasteiger partial charge in [-0.05, 0) is 54.2 Å². The molecule has 1 saturated heterocycles. The van der Waals surface area contributed by atoms with Crippen LogP contribution in [0, 0.1) is 5.82 Å². The van der Waals surface area contributed by atoms with E-state index in [1.807, 2.05) is 22.9 Å². The number of carbonyl (C=O) groups excluding carboxylic acids is 2. The van der Waals surface area contributed by atoms with Crippen LogP contribution in [0.15, 0.2) is 47.5 Å². The van der Waals surface area contributed by atoms with E-state index in [2.05, 4.69) is 0 Å². The maximum atomic E-state index is 13.1. The molecule has 0 atom stereocenters. The number of imide groups is 1. The molecule has 0 saturated carbocycles. The van der Waals surface area contributed by atoms with E-state index in [-0.39, 0.29) is 23.5 Å². The fraction of sp³-hybridized carbons (Fsp3) is 0.176. The molecule has 2 aromatic rings. The van der Waals surface area contributed by atoms with Gasteiger partial charge in [-0.25, -0.2) is 4.39 Å². The summed E-state index contributed by atoms with van der Waals surface area (Å²) >= 11 is 0.906. The van der Waals surface area contributed by atoms with Crippen molar-refractivity contribution in [2.24, 2.45) is 0 Å². The van der Waals surface area contributed by atoms with Crippen LogP contribution in [0.25, 0.3) is 11.8 Å². The maximum Gasteiger partial charge on any atom is 0.293 e. The first kappa shape index (κ1) is 16.5. The summed E-state index contributed by atoms with van der Waals surface area (Å²) in [6.07, 6.45) is 3.48. The van der Waals surface area contributed by atoms with Gasteiger partial charge in [-0.2, -0.15) is 0 Å². The lowest BCUT2D eigenvalue weighted by molar-refractivity contribution is -0.123. The van der Waals surface area contributed by atoms with Gasteiger partial charge >= 0.3 is 0 Å². The van der Waals surface area contributed by atoms with Crippen molar-refractivity contribution in [3.8, 4) is 5.69 Å². The molecule has 1 aromatic heterocycles. The Labute approximate surface area is 142 Å². The van der Waals surface area contributed by atoms with Crippen molar-refractivity contribution >= 4 is 29.0 Å². The number of aromatic nitrogens is 1. The predicted molar refractivity (Wildman–Crippen MR) is 90.3 cm³/mol. The lowest BCUT2D eigenvalue weighted by atomic mass is 10.3. The van der Waals surface area contributed by atoms with Crippen LogP contribution in [0.5, 0.6) is 0 Å². The van der Waals surface area contributed by atoms with Gasteiger partial charge in [0.25, 0.3) is 11.1 Å². The van der Waals surface area contributed by atoms with Gasteiger partial charge in [-0.15, -0.1) is 0 Å². The highest BCUT2D eigenvalue weighted by Gasteiger charge is 2.34. The van der Waals surface area contributed by atoms with Crippen LogP contribution in [0.2, 0.25) is 0 Å². The lowest BCUT2D eigenvalue weighted by Gasteiger charge is -2.11. The van der Waals surface area contributed by atoms with E-state index in [1.54, 1.807) is 18.2 Å². The van der Waals surface area contributed by atoms with E-state index < -0.39 is 0 Å². The Bertz CT molecular complexity index is 798. The van der Waals surface area contributed by atoms with Gasteiger partial charge in [0.1, 0.15) is 5.82 Å². The number of carbonyl (C=O) groups is 2. The second kappa shape index (κ2) is 7.02. The monoisotopic (exact) mass is 346 g/mol. The number of benzene rings is 1. The van der Waals surface area contributed by atoms with Crippen molar-refractivity contribution in [1.82, 2.24) is 9.47 Å². The van der Waals surface area contributed by atoms with Crippen LogP contribution in [-0.4, -0.2) is 40.9 Å². The van der Waals surface area contributed by atoms with Crippen molar-refractivity contribution in [2.75, 3.05) is 20.3 Å². The molecule has 1 aromatic carbocycles. The lowest BCUT2D eigenvalue weighted by Crippen LogP contribution is -2.31. The summed E-state index contributed by atoms with van der Waals surface area (Å²) < 4.78 is 19.8. The smallest absolute Gasteiger partial charge is 0.293 e. The number of halogens is 1. The number of hydrogen-bond donors (Lipinski definition) is 0. The molecule has 1 fully saturated rings. The molecule has 2 amide bonds. The maximum absolute atomic E-state index is 13.1. The molecule has 0 unspecified atom stereocenters. The summed E-state index contributed by atoms with van der Waals surface area (Å²) in [5, 5.41) is -0.303. The predicted octanol–water partition coefficient (Wildman–Crippen LogP) is 3.30. The molecule has 7 heteroatoms. The van der Waals surface area contributed by atoms with E-state index in [9.17, 15) is 14.0 Å². The summed E-state index contributed by atoms with van der Waals surface area (Å²) in [4.78, 5) is 25.8. The first-order valence-corrected chi connectivity index (χ1v) is 8.09. The number of thioether (sulfide) groups is 1. The molecular formula is C17H15FN2O3S. The third-order valence-corrected chi connectivity index (χ3v) is 4.46. The van der Waals surface area contributed by atoms with Crippen molar-refractivity contribution in [3.63, 3.8) is 0 Å². The van der Waals surface area contributed by atoms with Crippen LogP contribution in [0.1, 0.15) is 5.69 Å². The van der Waals surface area contributed by atoms with Gasteiger partial charge in [-0.1, -0.05) is 0 Å². The largest absolute Gasteiger partial charge is 0.383 e. The molecule has 0 N–H and O–H groups in total. The van der Waals surface area contributed by atoms with E-state index in [4.69, 9.17) is 4.74 Å². The van der Waals surface area contributed by atoms with E-state index in [1.165, 1.54) is 24.1 Å². The summed E-state index contributed by atoms with van der Waals surface area (Å²) in [6, 6.07) is 9.69. The average molecular weight is 346 g/mol. The van der Waals surface area contributed by atoms with Crippen molar-refractivity contribution in [3.05, 3.63) is 59.0 Å². The normalized spacial score (nSPS) is 16.4. The van der Waals surface area contributed by atoms with Crippen LogP contribution >= 0.6 is 11.8 Å². The van der Waals surface area contributed by atoms with Gasteiger partial charge in [0, 0.05) is 24.7 Å². The van der Waals surface area contributed by atoms with Gasteiger partial charge in [0.05, 0.1) is 18.1 Å². The number of rotatable bonds is 5. The highest BCUT2D eigenvalue weighted by atomic mass is 32.2. The Morgan fingerprint density at radius 2 is 1.96 bits per heavy atom. The molecule has 2 heterocycles. The van der Waals surface area contributed by atoms with Crippen molar-refractivity contribution < 1.29 is 18.7 Å². The summed E-state index contributed by atoms with van der Waals surface area (Å²) in [5.41, 5.74) is 1.50. The molecule has 1 aliphatic heterocycles. The Kier molecular flexibility index (Phi) is 4.82. The molecule has 0 aliphatic carbocycles. The molecule has 3 rings (SSSR count). The minimum atomic E-state index is -0.325. The number of methoxy groups -OCH3 is 1. The molecule has 1 aliphatic rings. The Morgan fingerprint density at radius 1 is 1.21 bits per heavy atom. The van der Waals surface area contributed by atoms with Gasteiger partial charge in [0.15, 0.2) is 0 Å². The molecule has 0 radical (unpaired) electrons. The van der Waals surface area contributed by atoms with Gasteiger partial charge in [-0.3, -0.25) is 14.5 Å². The zero-order valence-corrected chi connectivity index (χ0v) is 13.8. The number of amides is 2. The Hall–Kier alpha value is -2.38. The minimum absolute atomic E-state index is 0.234. The number of nitrogens with zero attached hydrogens (tertiary/aromatic N) is 2. The van der Waals surface area contributed by atoms with E-state index in [0.29, 0.717) is 11.5 Å². The van der Waals surface area contributed by atoms with Crippen LogP contribution in [0.3, 0.4) is 0 Å². The molecule has 0 bridgehead atoms. The molecule has 124 valence electrons. The minimum Gasteiger partial charge on any atom is -0.383 e. The van der Waals surface area contributed by atoms with Crippen molar-refractivity contribution in [1.29, 1.82) is 0 Å². The highest BCUT2D eigenvalue weighted by molar-refractivity contribution is 8.18. The molecule has 0 spiro atoms. The third-order valence-electron chi connectivity index (χ3n) is 3.56. The fourth-order valence-electron chi connectivity index (χ4n) is 2.36. The second-order valence-electron chi connectivity index (χ2n) is 5.11. The first-order chi connectivity index (χ1) is 11.6.